The molecule has 1 aliphatic rings. The van der Waals surface area contributed by atoms with Crippen molar-refractivity contribution in [1.29, 1.82) is 0 Å². The molecule has 0 radical (unpaired) electrons. The number of nitrogens with zero attached hydrogens (tertiary/aromatic N) is 2. The van der Waals surface area contributed by atoms with E-state index in [0.29, 0.717) is 27.7 Å². The quantitative estimate of drug-likeness (QED) is 0.766. The normalized spacial score (nSPS) is 14.5. The number of rotatable bonds is 3. The second-order valence-electron chi connectivity index (χ2n) is 4.70. The maximum absolute atomic E-state index is 6.10. The molecule has 0 spiro atoms. The lowest BCUT2D eigenvalue weighted by atomic mass is 10.2. The van der Waals surface area contributed by atoms with Crippen molar-refractivity contribution in [2.24, 2.45) is 0 Å². The van der Waals surface area contributed by atoms with Crippen molar-refractivity contribution >= 4 is 23.2 Å². The number of halogens is 2. The molecule has 19 heavy (non-hydrogen) atoms. The summed E-state index contributed by atoms with van der Waals surface area (Å²) in [4.78, 5) is 8.60. The molecular weight excluding hydrogens is 283 g/mol. The van der Waals surface area contributed by atoms with Crippen molar-refractivity contribution in [3.63, 3.8) is 0 Å². The standard InChI is InChI=1S/C14H12Cl2N2O/c1-8-2-5-10(15)11(6-8)19-13-7-12(16)17-14(18-13)9-3-4-9/h2,5-7,9H,3-4H2,1H3. The van der Waals surface area contributed by atoms with Crippen molar-refractivity contribution in [1.82, 2.24) is 9.97 Å². The first-order chi connectivity index (χ1) is 9.11. The third-order valence-electron chi connectivity index (χ3n) is 2.93. The van der Waals surface area contributed by atoms with Gasteiger partial charge in [-0.15, -0.1) is 0 Å². The van der Waals surface area contributed by atoms with Gasteiger partial charge in [0.05, 0.1) is 5.02 Å². The smallest absolute Gasteiger partial charge is 0.224 e. The lowest BCUT2D eigenvalue weighted by molar-refractivity contribution is 0.458. The highest BCUT2D eigenvalue weighted by atomic mass is 35.5. The Balaban J connectivity index is 1.92. The first-order valence-corrected chi connectivity index (χ1v) is 6.86. The van der Waals surface area contributed by atoms with Gasteiger partial charge in [-0.25, -0.2) is 4.98 Å². The minimum Gasteiger partial charge on any atom is -0.437 e. The van der Waals surface area contributed by atoms with E-state index in [4.69, 9.17) is 27.9 Å². The Morgan fingerprint density at radius 3 is 2.68 bits per heavy atom. The predicted octanol–water partition coefficient (Wildman–Crippen LogP) is 4.76. The van der Waals surface area contributed by atoms with E-state index in [1.54, 1.807) is 12.1 Å². The number of hydrogen-bond acceptors (Lipinski definition) is 3. The van der Waals surface area contributed by atoms with Gasteiger partial charge in [-0.2, -0.15) is 4.98 Å². The molecule has 0 saturated heterocycles. The van der Waals surface area contributed by atoms with E-state index in [-0.39, 0.29) is 0 Å². The van der Waals surface area contributed by atoms with Crippen LogP contribution in [0.5, 0.6) is 11.6 Å². The number of aryl methyl sites for hydroxylation is 1. The van der Waals surface area contributed by atoms with Gasteiger partial charge in [0.1, 0.15) is 16.7 Å². The first-order valence-electron chi connectivity index (χ1n) is 6.10. The Morgan fingerprint density at radius 2 is 1.95 bits per heavy atom. The Labute approximate surface area is 121 Å². The van der Waals surface area contributed by atoms with Crippen LogP contribution in [0.25, 0.3) is 0 Å². The van der Waals surface area contributed by atoms with Crippen molar-refractivity contribution in [2.45, 2.75) is 25.7 Å². The zero-order chi connectivity index (χ0) is 13.4. The second-order valence-corrected chi connectivity index (χ2v) is 5.49. The molecule has 1 fully saturated rings. The van der Waals surface area contributed by atoms with Crippen LogP contribution in [0.4, 0.5) is 0 Å². The van der Waals surface area contributed by atoms with Crippen LogP contribution in [0, 0.1) is 6.92 Å². The summed E-state index contributed by atoms with van der Waals surface area (Å²) < 4.78 is 5.72. The molecule has 1 saturated carbocycles. The largest absolute Gasteiger partial charge is 0.437 e. The lowest BCUT2D eigenvalue weighted by Gasteiger charge is -2.09. The van der Waals surface area contributed by atoms with Gasteiger partial charge in [-0.05, 0) is 37.5 Å². The molecule has 98 valence electrons. The SMILES string of the molecule is Cc1ccc(Cl)c(Oc2cc(Cl)nc(C3CC3)n2)c1. The van der Waals surface area contributed by atoms with Gasteiger partial charge in [0, 0.05) is 12.0 Å². The maximum atomic E-state index is 6.10. The lowest BCUT2D eigenvalue weighted by Crippen LogP contribution is -1.96. The summed E-state index contributed by atoms with van der Waals surface area (Å²) in [5, 5.41) is 0.948. The van der Waals surface area contributed by atoms with E-state index in [0.717, 1.165) is 24.2 Å². The number of hydrogen-bond donors (Lipinski definition) is 0. The molecule has 3 nitrogen and oxygen atoms in total. The van der Waals surface area contributed by atoms with Gasteiger partial charge >= 0.3 is 0 Å². The van der Waals surface area contributed by atoms with Gasteiger partial charge in [0.15, 0.2) is 0 Å². The van der Waals surface area contributed by atoms with Crippen LogP contribution in [-0.4, -0.2) is 9.97 Å². The summed E-state index contributed by atoms with van der Waals surface area (Å²) >= 11 is 12.1. The summed E-state index contributed by atoms with van der Waals surface area (Å²) in [6.07, 6.45) is 2.23. The zero-order valence-electron chi connectivity index (χ0n) is 10.4. The fourth-order valence-corrected chi connectivity index (χ4v) is 2.13. The summed E-state index contributed by atoms with van der Waals surface area (Å²) in [6, 6.07) is 7.20. The zero-order valence-corrected chi connectivity index (χ0v) is 11.9. The third kappa shape index (κ3) is 2.99. The Morgan fingerprint density at radius 1 is 1.16 bits per heavy atom. The van der Waals surface area contributed by atoms with Crippen molar-refractivity contribution in [3.05, 3.63) is 45.8 Å². The monoisotopic (exact) mass is 294 g/mol. The van der Waals surface area contributed by atoms with Crippen LogP contribution in [-0.2, 0) is 0 Å². The topological polar surface area (TPSA) is 35.0 Å². The average molecular weight is 295 g/mol. The minimum atomic E-state index is 0.399. The summed E-state index contributed by atoms with van der Waals surface area (Å²) in [5.74, 6) is 2.20. The number of benzene rings is 1. The van der Waals surface area contributed by atoms with Crippen LogP contribution in [0.1, 0.15) is 30.1 Å². The van der Waals surface area contributed by atoms with E-state index in [1.807, 2.05) is 19.1 Å². The second kappa shape index (κ2) is 4.99. The predicted molar refractivity (Wildman–Crippen MR) is 75.3 cm³/mol. The van der Waals surface area contributed by atoms with Crippen LogP contribution in [0.2, 0.25) is 10.2 Å². The highest BCUT2D eigenvalue weighted by Crippen LogP contribution is 2.39. The first kappa shape index (κ1) is 12.7. The molecule has 3 rings (SSSR count). The minimum absolute atomic E-state index is 0.399. The molecule has 1 aromatic carbocycles. The summed E-state index contributed by atoms with van der Waals surface area (Å²) in [5.41, 5.74) is 1.07. The van der Waals surface area contributed by atoms with E-state index in [1.165, 1.54) is 0 Å². The van der Waals surface area contributed by atoms with Crippen LogP contribution in [0.3, 0.4) is 0 Å². The molecule has 2 aromatic rings. The fraction of sp³-hybridized carbons (Fsp3) is 0.286. The van der Waals surface area contributed by atoms with E-state index >= 15 is 0 Å². The Hall–Kier alpha value is -1.32. The van der Waals surface area contributed by atoms with E-state index in [9.17, 15) is 0 Å². The van der Waals surface area contributed by atoms with Crippen molar-refractivity contribution in [3.8, 4) is 11.6 Å². The molecule has 1 heterocycles. The van der Waals surface area contributed by atoms with Crippen LogP contribution >= 0.6 is 23.2 Å². The van der Waals surface area contributed by atoms with Crippen LogP contribution < -0.4 is 4.74 Å². The third-order valence-corrected chi connectivity index (χ3v) is 3.44. The van der Waals surface area contributed by atoms with Crippen molar-refractivity contribution in [2.75, 3.05) is 0 Å². The van der Waals surface area contributed by atoms with Crippen molar-refractivity contribution < 1.29 is 4.74 Å². The van der Waals surface area contributed by atoms with Gasteiger partial charge in [0.25, 0.3) is 0 Å². The molecule has 0 aliphatic heterocycles. The molecule has 0 unspecified atom stereocenters. The molecule has 0 atom stereocenters. The van der Waals surface area contributed by atoms with Gasteiger partial charge in [-0.1, -0.05) is 29.3 Å². The average Bonchev–Trinajstić information content (AvgIpc) is 3.17. The van der Waals surface area contributed by atoms with Gasteiger partial charge in [0.2, 0.25) is 5.88 Å². The summed E-state index contributed by atoms with van der Waals surface area (Å²) in [6.45, 7) is 1.98. The van der Waals surface area contributed by atoms with Gasteiger partial charge < -0.3 is 4.74 Å². The summed E-state index contributed by atoms with van der Waals surface area (Å²) in [7, 11) is 0. The number of ether oxygens (including phenoxy) is 1. The highest BCUT2D eigenvalue weighted by Gasteiger charge is 2.27. The Bertz CT molecular complexity index is 627. The molecular formula is C14H12Cl2N2O. The molecule has 0 N–H and O–H groups in total. The molecule has 5 heteroatoms. The number of aromatic nitrogens is 2. The highest BCUT2D eigenvalue weighted by molar-refractivity contribution is 6.32. The van der Waals surface area contributed by atoms with E-state index in [2.05, 4.69) is 9.97 Å². The molecule has 1 aliphatic carbocycles. The van der Waals surface area contributed by atoms with Gasteiger partial charge in [-0.3, -0.25) is 0 Å². The van der Waals surface area contributed by atoms with Crippen LogP contribution in [0.15, 0.2) is 24.3 Å². The molecule has 0 amide bonds. The van der Waals surface area contributed by atoms with E-state index < -0.39 is 0 Å². The fourth-order valence-electron chi connectivity index (χ4n) is 1.79. The molecule has 0 bridgehead atoms. The Kier molecular flexibility index (Phi) is 3.33. The maximum Gasteiger partial charge on any atom is 0.224 e. The molecule has 1 aromatic heterocycles.